The Hall–Kier alpha value is -2.34. The van der Waals surface area contributed by atoms with Crippen LogP contribution in [0.25, 0.3) is 0 Å². The fraction of sp³-hybridized carbons (Fsp3) is 0.500. The number of aromatic carboxylic acids is 1. The van der Waals surface area contributed by atoms with Gasteiger partial charge in [-0.25, -0.2) is 4.79 Å². The molecule has 30 heavy (non-hydrogen) atoms. The zero-order valence-corrected chi connectivity index (χ0v) is 18.7. The molecule has 1 heterocycles. The molecule has 1 fully saturated rings. The van der Waals surface area contributed by atoms with Gasteiger partial charge in [0.2, 0.25) is 0 Å². The zero-order valence-electron chi connectivity index (χ0n) is 17.9. The first kappa shape index (κ1) is 22.3. The minimum Gasteiger partial charge on any atom is -0.478 e. The molecule has 0 saturated heterocycles. The molecular formula is C24H32N2O3S. The molecule has 3 N–H and O–H groups in total. The van der Waals surface area contributed by atoms with Crippen molar-refractivity contribution in [1.29, 1.82) is 0 Å². The Morgan fingerprint density at radius 2 is 1.90 bits per heavy atom. The lowest BCUT2D eigenvalue weighted by atomic mass is 9.96. The summed E-state index contributed by atoms with van der Waals surface area (Å²) < 4.78 is 0. The topological polar surface area (TPSA) is 78.4 Å². The number of carbonyl (C=O) groups is 2. The summed E-state index contributed by atoms with van der Waals surface area (Å²) in [5, 5.41) is 18.3. The number of carboxylic acid groups (broad SMARTS) is 1. The van der Waals surface area contributed by atoms with E-state index in [1.54, 1.807) is 12.1 Å². The fourth-order valence-electron chi connectivity index (χ4n) is 4.08. The van der Waals surface area contributed by atoms with Crippen molar-refractivity contribution in [3.05, 3.63) is 46.3 Å². The van der Waals surface area contributed by atoms with E-state index in [1.165, 1.54) is 30.6 Å². The number of carboxylic acids is 1. The number of hydrogen-bond acceptors (Lipinski definition) is 4. The van der Waals surface area contributed by atoms with Crippen LogP contribution < -0.4 is 10.6 Å². The van der Waals surface area contributed by atoms with Gasteiger partial charge in [0, 0.05) is 17.8 Å². The molecule has 5 nitrogen and oxygen atoms in total. The number of rotatable bonds is 10. The van der Waals surface area contributed by atoms with Crippen LogP contribution in [0.3, 0.4) is 0 Å². The molecule has 2 aromatic rings. The highest BCUT2D eigenvalue weighted by molar-refractivity contribution is 7.15. The number of thiophene rings is 1. The largest absolute Gasteiger partial charge is 0.478 e. The van der Waals surface area contributed by atoms with E-state index >= 15 is 0 Å². The Morgan fingerprint density at radius 3 is 2.53 bits per heavy atom. The Bertz CT molecular complexity index is 854. The summed E-state index contributed by atoms with van der Waals surface area (Å²) in [6, 6.07) is 7.36. The van der Waals surface area contributed by atoms with Crippen molar-refractivity contribution in [3.8, 4) is 0 Å². The Kier molecular flexibility index (Phi) is 7.91. The Labute approximate surface area is 182 Å². The van der Waals surface area contributed by atoms with Crippen LogP contribution in [0.15, 0.2) is 29.6 Å². The van der Waals surface area contributed by atoms with E-state index in [2.05, 4.69) is 24.5 Å². The number of benzene rings is 1. The van der Waals surface area contributed by atoms with Crippen LogP contribution in [0.2, 0.25) is 0 Å². The van der Waals surface area contributed by atoms with Gasteiger partial charge in [-0.1, -0.05) is 39.5 Å². The number of amides is 1. The van der Waals surface area contributed by atoms with Gasteiger partial charge in [-0.05, 0) is 66.3 Å². The van der Waals surface area contributed by atoms with Crippen LogP contribution in [0.5, 0.6) is 0 Å². The molecule has 0 aliphatic heterocycles. The average molecular weight is 429 g/mol. The first-order valence-electron chi connectivity index (χ1n) is 11.0. The van der Waals surface area contributed by atoms with Gasteiger partial charge < -0.3 is 15.7 Å². The molecule has 1 amide bonds. The van der Waals surface area contributed by atoms with Gasteiger partial charge in [0.05, 0.1) is 5.56 Å². The average Bonchev–Trinajstić information content (AvgIpc) is 3.40. The van der Waals surface area contributed by atoms with E-state index in [1.807, 2.05) is 17.5 Å². The minimum atomic E-state index is -0.967. The zero-order chi connectivity index (χ0) is 21.5. The standard InChI is InChI=1S/C24H32N2O3S/c1-3-4-7-16(2)14-25-19-12-10-18(11-13-19)22(27)26-23-21(24(28)29)20(15-30-23)17-8-5-6-9-17/h10-13,15-17,25H,3-9,14H2,1-2H3,(H,26,27)(H,28,29). The van der Waals surface area contributed by atoms with Gasteiger partial charge in [-0.15, -0.1) is 11.3 Å². The number of anilines is 2. The monoisotopic (exact) mass is 428 g/mol. The summed E-state index contributed by atoms with van der Waals surface area (Å²) in [4.78, 5) is 24.6. The van der Waals surface area contributed by atoms with Gasteiger partial charge in [-0.2, -0.15) is 0 Å². The summed E-state index contributed by atoms with van der Waals surface area (Å²) in [5.41, 5.74) is 2.64. The van der Waals surface area contributed by atoms with Crippen molar-refractivity contribution in [2.24, 2.45) is 5.92 Å². The maximum atomic E-state index is 12.7. The van der Waals surface area contributed by atoms with Gasteiger partial charge in [0.15, 0.2) is 0 Å². The van der Waals surface area contributed by atoms with E-state index in [-0.39, 0.29) is 11.5 Å². The number of nitrogens with one attached hydrogen (secondary N) is 2. The molecule has 0 bridgehead atoms. The molecule has 1 aromatic heterocycles. The van der Waals surface area contributed by atoms with E-state index in [0.29, 0.717) is 22.4 Å². The first-order valence-corrected chi connectivity index (χ1v) is 11.9. The third-order valence-corrected chi connectivity index (χ3v) is 6.82. The maximum absolute atomic E-state index is 12.7. The Balaban J connectivity index is 1.63. The summed E-state index contributed by atoms with van der Waals surface area (Å²) in [6.07, 6.45) is 7.99. The fourth-order valence-corrected chi connectivity index (χ4v) is 5.11. The second-order valence-corrected chi connectivity index (χ2v) is 9.22. The Morgan fingerprint density at radius 1 is 1.20 bits per heavy atom. The normalized spacial score (nSPS) is 15.1. The van der Waals surface area contributed by atoms with Crippen molar-refractivity contribution >= 4 is 33.9 Å². The smallest absolute Gasteiger partial charge is 0.339 e. The molecule has 1 aliphatic carbocycles. The van der Waals surface area contributed by atoms with Crippen LogP contribution in [-0.2, 0) is 0 Å². The molecule has 3 rings (SSSR count). The number of hydrogen-bond donors (Lipinski definition) is 3. The number of carbonyl (C=O) groups excluding carboxylic acids is 1. The summed E-state index contributed by atoms with van der Waals surface area (Å²) in [7, 11) is 0. The third kappa shape index (κ3) is 5.63. The highest BCUT2D eigenvalue weighted by Gasteiger charge is 2.27. The van der Waals surface area contributed by atoms with Crippen molar-refractivity contribution < 1.29 is 14.7 Å². The van der Waals surface area contributed by atoms with Crippen molar-refractivity contribution in [2.45, 2.75) is 64.7 Å². The SMILES string of the molecule is CCCCC(C)CNc1ccc(C(=O)Nc2scc(C3CCCC3)c2C(=O)O)cc1. The molecule has 162 valence electrons. The second kappa shape index (κ2) is 10.6. The van der Waals surface area contributed by atoms with Gasteiger partial charge in [-0.3, -0.25) is 4.79 Å². The molecule has 1 aliphatic rings. The lowest BCUT2D eigenvalue weighted by Gasteiger charge is -2.13. The molecule has 6 heteroatoms. The molecule has 0 spiro atoms. The van der Waals surface area contributed by atoms with Crippen molar-refractivity contribution in [2.75, 3.05) is 17.2 Å². The summed E-state index contributed by atoms with van der Waals surface area (Å²) in [6.45, 7) is 5.35. The molecule has 1 saturated carbocycles. The molecule has 1 aromatic carbocycles. The van der Waals surface area contributed by atoms with E-state index < -0.39 is 5.97 Å². The quantitative estimate of drug-likeness (QED) is 0.399. The lowest BCUT2D eigenvalue weighted by Crippen LogP contribution is -2.15. The third-order valence-electron chi connectivity index (χ3n) is 5.91. The summed E-state index contributed by atoms with van der Waals surface area (Å²) in [5.74, 6) is -0.344. The maximum Gasteiger partial charge on any atom is 0.339 e. The number of unbranched alkanes of at least 4 members (excludes halogenated alkanes) is 1. The van der Waals surface area contributed by atoms with Gasteiger partial charge >= 0.3 is 5.97 Å². The predicted molar refractivity (Wildman–Crippen MR) is 124 cm³/mol. The van der Waals surface area contributed by atoms with E-state index in [9.17, 15) is 14.7 Å². The molecular weight excluding hydrogens is 396 g/mol. The molecule has 1 unspecified atom stereocenters. The predicted octanol–water partition coefficient (Wildman–Crippen LogP) is 6.59. The lowest BCUT2D eigenvalue weighted by molar-refractivity contribution is 0.0697. The molecule has 1 atom stereocenters. The van der Waals surface area contributed by atoms with Crippen LogP contribution in [-0.4, -0.2) is 23.5 Å². The van der Waals surface area contributed by atoms with E-state index in [0.717, 1.165) is 43.5 Å². The highest BCUT2D eigenvalue weighted by atomic mass is 32.1. The second-order valence-electron chi connectivity index (χ2n) is 8.34. The minimum absolute atomic E-state index is 0.264. The van der Waals surface area contributed by atoms with Crippen LogP contribution in [0, 0.1) is 5.92 Å². The van der Waals surface area contributed by atoms with Crippen LogP contribution >= 0.6 is 11.3 Å². The molecule has 0 radical (unpaired) electrons. The van der Waals surface area contributed by atoms with E-state index in [4.69, 9.17) is 0 Å². The van der Waals surface area contributed by atoms with Gasteiger partial charge in [0.1, 0.15) is 5.00 Å². The van der Waals surface area contributed by atoms with Crippen LogP contribution in [0.4, 0.5) is 10.7 Å². The van der Waals surface area contributed by atoms with Crippen molar-refractivity contribution in [3.63, 3.8) is 0 Å². The van der Waals surface area contributed by atoms with Gasteiger partial charge in [0.25, 0.3) is 5.91 Å². The van der Waals surface area contributed by atoms with Crippen molar-refractivity contribution in [1.82, 2.24) is 0 Å². The van der Waals surface area contributed by atoms with Crippen LogP contribution in [0.1, 0.15) is 91.0 Å². The highest BCUT2D eigenvalue weighted by Crippen LogP contribution is 2.41. The first-order chi connectivity index (χ1) is 14.5. The summed E-state index contributed by atoms with van der Waals surface area (Å²) >= 11 is 1.31.